The van der Waals surface area contributed by atoms with Crippen LogP contribution in [0.4, 0.5) is 0 Å². The van der Waals surface area contributed by atoms with E-state index in [1.165, 1.54) is 0 Å². The van der Waals surface area contributed by atoms with Crippen molar-refractivity contribution >= 4 is 11.3 Å². The minimum absolute atomic E-state index is 0.883. The summed E-state index contributed by atoms with van der Waals surface area (Å²) in [5.41, 5.74) is 1.90. The fraction of sp³-hybridized carbons (Fsp3) is 0. The van der Waals surface area contributed by atoms with Crippen LogP contribution in [0.3, 0.4) is 0 Å². The minimum Gasteiger partial charge on any atom is -0.159 e. The molecule has 2 heterocycles. The normalized spacial score (nSPS) is 9.82. The molecule has 0 saturated carbocycles. The van der Waals surface area contributed by atoms with Crippen LogP contribution >= 0.6 is 11.3 Å². The molecule has 2 nitrogen and oxygen atoms in total. The predicted octanol–water partition coefficient (Wildman–Crippen LogP) is 2.01. The Balaban J connectivity index is 2.46. The first kappa shape index (κ1) is 6.49. The van der Waals surface area contributed by atoms with E-state index in [0.717, 1.165) is 11.3 Å². The van der Waals surface area contributed by atoms with Crippen LogP contribution in [0.2, 0.25) is 0 Å². The number of nitrogens with zero attached hydrogens (tertiary/aromatic N) is 2. The Morgan fingerprint density at radius 3 is 3.00 bits per heavy atom. The van der Waals surface area contributed by atoms with Gasteiger partial charge >= 0.3 is 0 Å². The molecule has 0 aromatic carbocycles. The molecule has 2 aromatic heterocycles. The number of hydrogen-bond donors (Lipinski definition) is 0. The van der Waals surface area contributed by atoms with Crippen LogP contribution in [0, 0.1) is 5.38 Å². The van der Waals surface area contributed by atoms with Crippen LogP contribution < -0.4 is 0 Å². The van der Waals surface area contributed by atoms with Gasteiger partial charge in [-0.3, -0.25) is 0 Å². The van der Waals surface area contributed by atoms with Crippen LogP contribution in [0.1, 0.15) is 0 Å². The predicted molar refractivity (Wildman–Crippen MR) is 44.2 cm³/mol. The van der Waals surface area contributed by atoms with E-state index in [1.54, 1.807) is 17.5 Å². The third-order valence-electron chi connectivity index (χ3n) is 1.32. The number of hydrogen-bond acceptors (Lipinski definition) is 3. The van der Waals surface area contributed by atoms with Gasteiger partial charge in [0.25, 0.3) is 0 Å². The molecule has 0 bridgehead atoms. The van der Waals surface area contributed by atoms with E-state index in [4.69, 9.17) is 0 Å². The summed E-state index contributed by atoms with van der Waals surface area (Å²) in [7, 11) is 0. The third-order valence-corrected chi connectivity index (χ3v) is 1.93. The number of rotatable bonds is 1. The standard InChI is InChI=1S/C8H5N2S/c1-2-8(10-9-4-1)7-3-5-11-6-7/h1-5H. The van der Waals surface area contributed by atoms with Crippen LogP contribution in [0.5, 0.6) is 0 Å². The second kappa shape index (κ2) is 2.80. The van der Waals surface area contributed by atoms with Crippen molar-refractivity contribution < 1.29 is 0 Å². The summed E-state index contributed by atoms with van der Waals surface area (Å²) in [5, 5.41) is 12.8. The number of thiophene rings is 1. The molecule has 0 spiro atoms. The molecule has 0 amide bonds. The topological polar surface area (TPSA) is 25.8 Å². The molecule has 11 heavy (non-hydrogen) atoms. The van der Waals surface area contributed by atoms with E-state index in [0.29, 0.717) is 0 Å². The van der Waals surface area contributed by atoms with Crippen LogP contribution in [0.25, 0.3) is 11.3 Å². The molecule has 0 saturated heterocycles. The highest BCUT2D eigenvalue weighted by Gasteiger charge is 1.97. The molecule has 0 aliphatic carbocycles. The Morgan fingerprint density at radius 2 is 2.36 bits per heavy atom. The zero-order chi connectivity index (χ0) is 7.52. The largest absolute Gasteiger partial charge is 0.159 e. The highest BCUT2D eigenvalue weighted by atomic mass is 32.1. The fourth-order valence-corrected chi connectivity index (χ4v) is 1.39. The Bertz CT molecular complexity index is 315. The van der Waals surface area contributed by atoms with E-state index >= 15 is 0 Å². The second-order valence-electron chi connectivity index (χ2n) is 2.05. The lowest BCUT2D eigenvalue weighted by Crippen LogP contribution is -1.82. The minimum atomic E-state index is 0.883. The molecule has 53 valence electrons. The van der Waals surface area contributed by atoms with Gasteiger partial charge in [0.05, 0.1) is 11.1 Å². The molecule has 0 N–H and O–H groups in total. The van der Waals surface area contributed by atoms with Crippen LogP contribution in [-0.2, 0) is 0 Å². The van der Waals surface area contributed by atoms with Gasteiger partial charge < -0.3 is 0 Å². The van der Waals surface area contributed by atoms with E-state index in [9.17, 15) is 0 Å². The van der Waals surface area contributed by atoms with Crippen molar-refractivity contribution in [1.29, 1.82) is 0 Å². The molecule has 1 radical (unpaired) electrons. The maximum atomic E-state index is 3.95. The highest BCUT2D eigenvalue weighted by Crippen LogP contribution is 2.17. The van der Waals surface area contributed by atoms with Crippen LogP contribution in [0.15, 0.2) is 29.8 Å². The van der Waals surface area contributed by atoms with Gasteiger partial charge in [-0.05, 0) is 23.6 Å². The lowest BCUT2D eigenvalue weighted by Gasteiger charge is -1.90. The first-order chi connectivity index (χ1) is 5.47. The van der Waals surface area contributed by atoms with Gasteiger partial charge in [0, 0.05) is 11.8 Å². The van der Waals surface area contributed by atoms with Gasteiger partial charge in [-0.25, -0.2) is 0 Å². The monoisotopic (exact) mass is 161 g/mol. The summed E-state index contributed by atoms with van der Waals surface area (Å²) in [4.78, 5) is 0. The van der Waals surface area contributed by atoms with Gasteiger partial charge in [0.2, 0.25) is 0 Å². The van der Waals surface area contributed by atoms with Gasteiger partial charge in [-0.2, -0.15) is 10.2 Å². The molecule has 0 unspecified atom stereocenters. The van der Waals surface area contributed by atoms with Gasteiger partial charge in [-0.1, -0.05) is 0 Å². The number of aromatic nitrogens is 2. The summed E-state index contributed by atoms with van der Waals surface area (Å²) < 4.78 is 0. The summed E-state index contributed by atoms with van der Waals surface area (Å²) >= 11 is 1.54. The quantitative estimate of drug-likeness (QED) is 0.639. The first-order valence-electron chi connectivity index (χ1n) is 3.20. The highest BCUT2D eigenvalue weighted by molar-refractivity contribution is 7.07. The van der Waals surface area contributed by atoms with Gasteiger partial charge in [0.15, 0.2) is 0 Å². The Morgan fingerprint density at radius 1 is 1.36 bits per heavy atom. The molecular formula is C8H5N2S. The molecule has 2 aromatic rings. The smallest absolute Gasteiger partial charge is 0.0944 e. The SMILES string of the molecule is [c]1sccc1-c1cccnn1. The van der Waals surface area contributed by atoms with E-state index in [-0.39, 0.29) is 0 Å². The lowest BCUT2D eigenvalue weighted by atomic mass is 10.2. The van der Waals surface area contributed by atoms with Gasteiger partial charge in [0.1, 0.15) is 0 Å². The van der Waals surface area contributed by atoms with Crippen molar-refractivity contribution in [3.05, 3.63) is 35.2 Å². The van der Waals surface area contributed by atoms with Crippen molar-refractivity contribution in [2.75, 3.05) is 0 Å². The van der Waals surface area contributed by atoms with Crippen LogP contribution in [-0.4, -0.2) is 10.2 Å². The first-order valence-corrected chi connectivity index (χ1v) is 4.08. The van der Waals surface area contributed by atoms with Gasteiger partial charge in [-0.15, -0.1) is 11.3 Å². The molecule has 0 atom stereocenters. The summed E-state index contributed by atoms with van der Waals surface area (Å²) in [6, 6.07) is 5.77. The maximum Gasteiger partial charge on any atom is 0.0944 e. The molecule has 0 aliphatic rings. The molecule has 0 fully saturated rings. The lowest BCUT2D eigenvalue weighted by molar-refractivity contribution is 1.04. The van der Waals surface area contributed by atoms with Crippen molar-refractivity contribution in [3.63, 3.8) is 0 Å². The third kappa shape index (κ3) is 1.28. The van der Waals surface area contributed by atoms with E-state index < -0.39 is 0 Å². The fourth-order valence-electron chi connectivity index (χ4n) is 0.816. The zero-order valence-electron chi connectivity index (χ0n) is 5.69. The molecule has 3 heteroatoms. The van der Waals surface area contributed by atoms with E-state index in [1.807, 2.05) is 23.6 Å². The van der Waals surface area contributed by atoms with E-state index in [2.05, 4.69) is 15.6 Å². The van der Waals surface area contributed by atoms with Crippen molar-refractivity contribution in [1.82, 2.24) is 10.2 Å². The van der Waals surface area contributed by atoms with Crippen molar-refractivity contribution in [2.45, 2.75) is 0 Å². The molecule has 2 rings (SSSR count). The second-order valence-corrected chi connectivity index (χ2v) is 2.76. The van der Waals surface area contributed by atoms with Crippen molar-refractivity contribution in [2.24, 2.45) is 0 Å². The molecular weight excluding hydrogens is 156 g/mol. The average molecular weight is 161 g/mol. The summed E-state index contributed by atoms with van der Waals surface area (Å²) in [6.45, 7) is 0. The maximum absolute atomic E-state index is 3.95. The summed E-state index contributed by atoms with van der Waals surface area (Å²) in [6.07, 6.45) is 1.66. The Kier molecular flexibility index (Phi) is 1.65. The Labute approximate surface area is 68.5 Å². The average Bonchev–Trinajstić information content (AvgIpc) is 2.58. The summed E-state index contributed by atoms with van der Waals surface area (Å²) in [5.74, 6) is 0. The molecule has 0 aliphatic heterocycles. The zero-order valence-corrected chi connectivity index (χ0v) is 6.51. The Hall–Kier alpha value is -1.22. The van der Waals surface area contributed by atoms with Crippen molar-refractivity contribution in [3.8, 4) is 11.3 Å².